The second kappa shape index (κ2) is 4.43. The summed E-state index contributed by atoms with van der Waals surface area (Å²) in [7, 11) is 3.99. The van der Waals surface area contributed by atoms with Gasteiger partial charge < -0.3 is 9.88 Å². The largest absolute Gasteiger partial charge is 0.388 e. The van der Waals surface area contributed by atoms with Crippen LogP contribution in [0.5, 0.6) is 0 Å². The lowest BCUT2D eigenvalue weighted by Gasteiger charge is -2.06. The van der Waals surface area contributed by atoms with Crippen molar-refractivity contribution in [2.75, 3.05) is 12.4 Å². The molecule has 0 fully saturated rings. The van der Waals surface area contributed by atoms with E-state index in [1.807, 2.05) is 14.0 Å². The molecular weight excluding hydrogens is 234 g/mol. The number of hydrogen-bond donors (Lipinski definition) is 1. The van der Waals surface area contributed by atoms with Gasteiger partial charge >= 0.3 is 0 Å². The van der Waals surface area contributed by atoms with Gasteiger partial charge in [0, 0.05) is 19.8 Å². The van der Waals surface area contributed by atoms with Crippen LogP contribution in [0.3, 0.4) is 0 Å². The van der Waals surface area contributed by atoms with Crippen LogP contribution in [0.25, 0.3) is 22.2 Å². The lowest BCUT2D eigenvalue weighted by Crippen LogP contribution is -1.91. The molecule has 0 atom stereocenters. The number of aryl methyl sites for hydroxylation is 2. The number of nitrogens with one attached hydrogen (secondary N) is 1. The van der Waals surface area contributed by atoms with Gasteiger partial charge in [-0.2, -0.15) is 0 Å². The van der Waals surface area contributed by atoms with Crippen molar-refractivity contribution in [1.29, 1.82) is 0 Å². The van der Waals surface area contributed by atoms with Crippen molar-refractivity contribution in [3.8, 4) is 11.1 Å². The summed E-state index contributed by atoms with van der Waals surface area (Å²) in [6.07, 6.45) is 0. The van der Waals surface area contributed by atoms with Gasteiger partial charge in [-0.05, 0) is 42.3 Å². The van der Waals surface area contributed by atoms with Crippen molar-refractivity contribution in [1.82, 2.24) is 9.55 Å². The van der Waals surface area contributed by atoms with E-state index in [0.717, 1.165) is 17.0 Å². The SMILES string of the molecule is CNc1cccc(-c2ccc3nc(C)n(C)c3c2)c1. The summed E-state index contributed by atoms with van der Waals surface area (Å²) in [5.41, 5.74) is 5.78. The number of rotatable bonds is 2. The minimum absolute atomic E-state index is 1.04. The Bertz CT molecular complexity index is 741. The second-order valence-corrected chi connectivity index (χ2v) is 4.75. The Labute approximate surface area is 112 Å². The van der Waals surface area contributed by atoms with Crippen molar-refractivity contribution in [2.45, 2.75) is 6.92 Å². The van der Waals surface area contributed by atoms with Crippen LogP contribution in [0.4, 0.5) is 5.69 Å². The molecular formula is C16H17N3. The molecule has 96 valence electrons. The second-order valence-electron chi connectivity index (χ2n) is 4.75. The number of benzene rings is 2. The van der Waals surface area contributed by atoms with E-state index >= 15 is 0 Å². The summed E-state index contributed by atoms with van der Waals surface area (Å²) in [6.45, 7) is 2.03. The molecule has 19 heavy (non-hydrogen) atoms. The molecule has 0 unspecified atom stereocenters. The maximum Gasteiger partial charge on any atom is 0.106 e. The lowest BCUT2D eigenvalue weighted by atomic mass is 10.0. The quantitative estimate of drug-likeness (QED) is 0.754. The number of aromatic nitrogens is 2. The molecule has 0 radical (unpaired) electrons. The monoisotopic (exact) mass is 251 g/mol. The Hall–Kier alpha value is -2.29. The normalized spacial score (nSPS) is 10.9. The van der Waals surface area contributed by atoms with Crippen LogP contribution in [0.15, 0.2) is 42.5 Å². The molecule has 0 bridgehead atoms. The summed E-state index contributed by atoms with van der Waals surface area (Å²) >= 11 is 0. The van der Waals surface area contributed by atoms with Crippen LogP contribution in [0, 0.1) is 6.92 Å². The Balaban J connectivity index is 2.16. The highest BCUT2D eigenvalue weighted by molar-refractivity contribution is 5.83. The molecule has 2 aromatic carbocycles. The maximum absolute atomic E-state index is 4.53. The summed E-state index contributed by atoms with van der Waals surface area (Å²) < 4.78 is 2.13. The molecule has 0 aliphatic rings. The zero-order valence-corrected chi connectivity index (χ0v) is 11.4. The van der Waals surface area contributed by atoms with Crippen LogP contribution < -0.4 is 5.32 Å². The zero-order chi connectivity index (χ0) is 13.4. The number of anilines is 1. The standard InChI is InChI=1S/C16H17N3/c1-11-18-15-8-7-13(10-16(15)19(11)3)12-5-4-6-14(9-12)17-2/h4-10,17H,1-3H3. The first-order chi connectivity index (χ1) is 9.19. The van der Waals surface area contributed by atoms with E-state index in [1.165, 1.54) is 16.6 Å². The van der Waals surface area contributed by atoms with E-state index in [1.54, 1.807) is 0 Å². The third-order valence-corrected chi connectivity index (χ3v) is 3.59. The molecule has 3 rings (SSSR count). The fourth-order valence-corrected chi connectivity index (χ4v) is 2.34. The van der Waals surface area contributed by atoms with E-state index < -0.39 is 0 Å². The van der Waals surface area contributed by atoms with Gasteiger partial charge in [-0.3, -0.25) is 0 Å². The highest BCUT2D eigenvalue weighted by Crippen LogP contribution is 2.26. The van der Waals surface area contributed by atoms with Crippen molar-refractivity contribution >= 4 is 16.7 Å². The predicted octanol–water partition coefficient (Wildman–Crippen LogP) is 3.59. The molecule has 0 saturated heterocycles. The summed E-state index contributed by atoms with van der Waals surface area (Å²) in [4.78, 5) is 4.53. The van der Waals surface area contributed by atoms with E-state index in [-0.39, 0.29) is 0 Å². The van der Waals surface area contributed by atoms with Gasteiger partial charge in [0.2, 0.25) is 0 Å². The van der Waals surface area contributed by atoms with Crippen LogP contribution in [-0.4, -0.2) is 16.6 Å². The Morgan fingerprint density at radius 1 is 1.05 bits per heavy atom. The average molecular weight is 251 g/mol. The first kappa shape index (κ1) is 11.8. The lowest BCUT2D eigenvalue weighted by molar-refractivity contribution is 0.886. The molecule has 3 aromatic rings. The average Bonchev–Trinajstić information content (AvgIpc) is 2.74. The van der Waals surface area contributed by atoms with E-state index in [2.05, 4.69) is 64.4 Å². The molecule has 0 spiro atoms. The fraction of sp³-hybridized carbons (Fsp3) is 0.188. The third kappa shape index (κ3) is 1.97. The van der Waals surface area contributed by atoms with E-state index in [9.17, 15) is 0 Å². The summed E-state index contributed by atoms with van der Waals surface area (Å²) in [5, 5.41) is 3.17. The molecule has 0 aliphatic heterocycles. The smallest absolute Gasteiger partial charge is 0.106 e. The Kier molecular flexibility index (Phi) is 2.75. The third-order valence-electron chi connectivity index (χ3n) is 3.59. The van der Waals surface area contributed by atoms with Crippen molar-refractivity contribution < 1.29 is 0 Å². The minimum Gasteiger partial charge on any atom is -0.388 e. The molecule has 3 nitrogen and oxygen atoms in total. The maximum atomic E-state index is 4.53. The number of nitrogens with zero attached hydrogens (tertiary/aromatic N) is 2. The number of imidazole rings is 1. The van der Waals surface area contributed by atoms with Crippen LogP contribution >= 0.6 is 0 Å². The van der Waals surface area contributed by atoms with Gasteiger partial charge in [-0.25, -0.2) is 4.98 Å². The van der Waals surface area contributed by atoms with Crippen LogP contribution in [-0.2, 0) is 7.05 Å². The van der Waals surface area contributed by atoms with Gasteiger partial charge in [0.25, 0.3) is 0 Å². The van der Waals surface area contributed by atoms with Gasteiger partial charge in [-0.15, -0.1) is 0 Å². The van der Waals surface area contributed by atoms with Gasteiger partial charge in [0.05, 0.1) is 11.0 Å². The molecule has 0 saturated carbocycles. The highest BCUT2D eigenvalue weighted by Gasteiger charge is 2.06. The van der Waals surface area contributed by atoms with Gasteiger partial charge in [0.1, 0.15) is 5.82 Å². The van der Waals surface area contributed by atoms with Crippen molar-refractivity contribution in [3.05, 3.63) is 48.3 Å². The van der Waals surface area contributed by atoms with Gasteiger partial charge in [0.15, 0.2) is 0 Å². The van der Waals surface area contributed by atoms with Crippen LogP contribution in [0.2, 0.25) is 0 Å². The molecule has 3 heteroatoms. The molecule has 0 amide bonds. The van der Waals surface area contributed by atoms with E-state index in [0.29, 0.717) is 0 Å². The molecule has 0 aliphatic carbocycles. The first-order valence-electron chi connectivity index (χ1n) is 6.40. The fourth-order valence-electron chi connectivity index (χ4n) is 2.34. The highest BCUT2D eigenvalue weighted by atomic mass is 15.0. The van der Waals surface area contributed by atoms with Crippen molar-refractivity contribution in [2.24, 2.45) is 7.05 Å². The van der Waals surface area contributed by atoms with Crippen molar-refractivity contribution in [3.63, 3.8) is 0 Å². The topological polar surface area (TPSA) is 29.9 Å². The van der Waals surface area contributed by atoms with E-state index in [4.69, 9.17) is 0 Å². The number of fused-ring (bicyclic) bond motifs is 1. The zero-order valence-electron chi connectivity index (χ0n) is 11.4. The molecule has 1 aromatic heterocycles. The summed E-state index contributed by atoms with van der Waals surface area (Å²) in [5.74, 6) is 1.04. The molecule has 1 N–H and O–H groups in total. The van der Waals surface area contributed by atoms with Crippen LogP contribution in [0.1, 0.15) is 5.82 Å². The Morgan fingerprint density at radius 3 is 2.63 bits per heavy atom. The Morgan fingerprint density at radius 2 is 1.84 bits per heavy atom. The predicted molar refractivity (Wildman–Crippen MR) is 80.4 cm³/mol. The first-order valence-corrected chi connectivity index (χ1v) is 6.40. The number of hydrogen-bond acceptors (Lipinski definition) is 2. The molecule has 1 heterocycles. The summed E-state index contributed by atoms with van der Waals surface area (Å²) in [6, 6.07) is 14.8. The van der Waals surface area contributed by atoms with Gasteiger partial charge in [-0.1, -0.05) is 18.2 Å². The minimum atomic E-state index is 1.04.